The number of ether oxygens (including phenoxy) is 1. The molecule has 3 aromatic carbocycles. The first kappa shape index (κ1) is 19.8. The maximum absolute atomic E-state index is 12.9. The van der Waals surface area contributed by atoms with Crippen LogP contribution in [0.15, 0.2) is 64.2 Å². The lowest BCUT2D eigenvalue weighted by Gasteiger charge is -2.13. The lowest BCUT2D eigenvalue weighted by Crippen LogP contribution is -2.22. The highest BCUT2D eigenvalue weighted by Crippen LogP contribution is 2.36. The van der Waals surface area contributed by atoms with Crippen molar-refractivity contribution < 1.29 is 13.9 Å². The van der Waals surface area contributed by atoms with E-state index < -0.39 is 5.25 Å². The van der Waals surface area contributed by atoms with Crippen LogP contribution in [0.25, 0.3) is 33.0 Å². The number of hydrogen-bond acceptors (Lipinski definition) is 5. The van der Waals surface area contributed by atoms with Crippen molar-refractivity contribution in [3.05, 3.63) is 59.6 Å². The van der Waals surface area contributed by atoms with Crippen LogP contribution in [-0.2, 0) is 4.79 Å². The molecule has 0 aliphatic rings. The number of methoxy groups -OCH3 is 1. The Bertz CT molecular complexity index is 1440. The quantitative estimate of drug-likeness (QED) is 0.309. The van der Waals surface area contributed by atoms with E-state index in [9.17, 15) is 4.79 Å². The molecule has 2 aromatic heterocycles. The fraction of sp³-hybridized carbons (Fsp3) is 0.130. The summed E-state index contributed by atoms with van der Waals surface area (Å²) in [4.78, 5) is 20.6. The van der Waals surface area contributed by atoms with Gasteiger partial charge in [-0.1, -0.05) is 41.6 Å². The average molecular weight is 452 g/mol. The molecular formula is C23H18ClN3O3S. The first-order chi connectivity index (χ1) is 15.0. The van der Waals surface area contributed by atoms with E-state index in [2.05, 4.69) is 15.3 Å². The second kappa shape index (κ2) is 7.83. The SMILES string of the molecule is COc1cc2c(cc1NC(=O)C(C)Sc1nc3ccc(Cl)cc3[nH]1)oc1ccccc12. The number of aromatic nitrogens is 2. The number of rotatable bonds is 5. The predicted molar refractivity (Wildman–Crippen MR) is 125 cm³/mol. The molecule has 0 bridgehead atoms. The van der Waals surface area contributed by atoms with Crippen molar-refractivity contribution in [1.82, 2.24) is 9.97 Å². The fourth-order valence-electron chi connectivity index (χ4n) is 3.49. The highest BCUT2D eigenvalue weighted by molar-refractivity contribution is 8.00. The van der Waals surface area contributed by atoms with Crippen LogP contribution >= 0.6 is 23.4 Å². The summed E-state index contributed by atoms with van der Waals surface area (Å²) in [6.07, 6.45) is 0. The van der Waals surface area contributed by atoms with Crippen molar-refractivity contribution in [2.75, 3.05) is 12.4 Å². The molecule has 2 heterocycles. The maximum Gasteiger partial charge on any atom is 0.237 e. The Kier molecular flexibility index (Phi) is 5.00. The largest absolute Gasteiger partial charge is 0.495 e. The number of carbonyl (C=O) groups is 1. The number of thioether (sulfide) groups is 1. The molecule has 0 saturated carbocycles. The summed E-state index contributed by atoms with van der Waals surface area (Å²) in [5.41, 5.74) is 3.67. The number of carbonyl (C=O) groups excluding carboxylic acids is 1. The van der Waals surface area contributed by atoms with Crippen molar-refractivity contribution in [2.45, 2.75) is 17.3 Å². The van der Waals surface area contributed by atoms with Gasteiger partial charge in [-0.15, -0.1) is 0 Å². The number of anilines is 1. The molecule has 1 unspecified atom stereocenters. The Balaban J connectivity index is 1.39. The number of imidazole rings is 1. The summed E-state index contributed by atoms with van der Waals surface area (Å²) in [5, 5.41) is 5.78. The molecule has 0 fully saturated rings. The lowest BCUT2D eigenvalue weighted by atomic mass is 10.1. The van der Waals surface area contributed by atoms with Crippen molar-refractivity contribution in [3.8, 4) is 5.75 Å². The molecular weight excluding hydrogens is 434 g/mol. The molecule has 0 spiro atoms. The van der Waals surface area contributed by atoms with Gasteiger partial charge in [0, 0.05) is 21.9 Å². The number of halogens is 1. The zero-order chi connectivity index (χ0) is 21.5. The summed E-state index contributed by atoms with van der Waals surface area (Å²) in [5.74, 6) is 0.403. The molecule has 2 N–H and O–H groups in total. The van der Waals surface area contributed by atoms with Gasteiger partial charge in [-0.3, -0.25) is 4.79 Å². The van der Waals surface area contributed by atoms with Crippen molar-refractivity contribution in [3.63, 3.8) is 0 Å². The Hall–Kier alpha value is -3.16. The number of aromatic amines is 1. The van der Waals surface area contributed by atoms with Crippen molar-refractivity contribution >= 4 is 67.9 Å². The number of benzene rings is 3. The third-order valence-corrected chi connectivity index (χ3v) is 6.26. The van der Waals surface area contributed by atoms with E-state index in [1.54, 1.807) is 19.2 Å². The summed E-state index contributed by atoms with van der Waals surface area (Å²) in [6.45, 7) is 1.83. The van der Waals surface area contributed by atoms with Gasteiger partial charge < -0.3 is 19.5 Å². The number of nitrogens with one attached hydrogen (secondary N) is 2. The normalized spacial score (nSPS) is 12.5. The number of nitrogens with zero attached hydrogens (tertiary/aromatic N) is 1. The van der Waals surface area contributed by atoms with Gasteiger partial charge in [0.2, 0.25) is 5.91 Å². The van der Waals surface area contributed by atoms with Crippen LogP contribution in [0.5, 0.6) is 5.75 Å². The Labute approximate surface area is 186 Å². The molecule has 0 saturated heterocycles. The number of fused-ring (bicyclic) bond motifs is 4. The second-order valence-corrected chi connectivity index (χ2v) is 8.87. The third-order valence-electron chi connectivity index (χ3n) is 5.04. The van der Waals surface area contributed by atoms with E-state index in [4.69, 9.17) is 20.8 Å². The molecule has 8 heteroatoms. The number of H-pyrrole nitrogens is 1. The smallest absolute Gasteiger partial charge is 0.237 e. The molecule has 0 aliphatic heterocycles. The molecule has 5 aromatic rings. The Morgan fingerprint density at radius 1 is 1.16 bits per heavy atom. The number of hydrogen-bond donors (Lipinski definition) is 2. The molecule has 156 valence electrons. The van der Waals surface area contributed by atoms with Gasteiger partial charge in [-0.05, 0) is 37.3 Å². The molecule has 0 radical (unpaired) electrons. The van der Waals surface area contributed by atoms with Gasteiger partial charge in [-0.25, -0.2) is 4.98 Å². The van der Waals surface area contributed by atoms with E-state index in [0.29, 0.717) is 27.2 Å². The van der Waals surface area contributed by atoms with E-state index in [-0.39, 0.29) is 5.91 Å². The Morgan fingerprint density at radius 2 is 2.00 bits per heavy atom. The minimum absolute atomic E-state index is 0.169. The van der Waals surface area contributed by atoms with Crippen LogP contribution < -0.4 is 10.1 Å². The molecule has 5 rings (SSSR count). The van der Waals surface area contributed by atoms with Gasteiger partial charge in [0.05, 0.1) is 29.1 Å². The molecule has 31 heavy (non-hydrogen) atoms. The summed E-state index contributed by atoms with van der Waals surface area (Å²) in [6, 6.07) is 16.9. The number of amides is 1. The average Bonchev–Trinajstić information content (AvgIpc) is 3.32. The number of furan rings is 1. The maximum atomic E-state index is 12.9. The standard InChI is InChI=1S/C23H18ClN3O3S/c1-12(31-23-26-16-8-7-13(24)9-17(16)27-23)22(28)25-18-11-20-15(10-21(18)29-2)14-5-3-4-6-19(14)30-20/h3-12H,1-2H3,(H,25,28)(H,26,27). The first-order valence-electron chi connectivity index (χ1n) is 9.64. The minimum atomic E-state index is -0.396. The molecule has 1 amide bonds. The summed E-state index contributed by atoms with van der Waals surface area (Å²) in [7, 11) is 1.58. The molecule has 1 atom stereocenters. The monoisotopic (exact) mass is 451 g/mol. The first-order valence-corrected chi connectivity index (χ1v) is 10.9. The van der Waals surface area contributed by atoms with E-state index >= 15 is 0 Å². The molecule has 6 nitrogen and oxygen atoms in total. The fourth-order valence-corrected chi connectivity index (χ4v) is 4.48. The zero-order valence-electron chi connectivity index (χ0n) is 16.7. The van der Waals surface area contributed by atoms with Crippen LogP contribution in [0, 0.1) is 0 Å². The highest BCUT2D eigenvalue weighted by Gasteiger charge is 2.20. The third kappa shape index (κ3) is 3.71. The summed E-state index contributed by atoms with van der Waals surface area (Å²) >= 11 is 7.37. The molecule has 0 aliphatic carbocycles. The van der Waals surface area contributed by atoms with Crippen LogP contribution in [-0.4, -0.2) is 28.2 Å². The highest BCUT2D eigenvalue weighted by atomic mass is 35.5. The van der Waals surface area contributed by atoms with E-state index in [0.717, 1.165) is 27.4 Å². The van der Waals surface area contributed by atoms with Crippen LogP contribution in [0.4, 0.5) is 5.69 Å². The van der Waals surface area contributed by atoms with Gasteiger partial charge in [0.1, 0.15) is 16.9 Å². The Morgan fingerprint density at radius 3 is 2.84 bits per heavy atom. The second-order valence-electron chi connectivity index (χ2n) is 7.10. The minimum Gasteiger partial charge on any atom is -0.495 e. The zero-order valence-corrected chi connectivity index (χ0v) is 18.3. The number of para-hydroxylation sites is 1. The van der Waals surface area contributed by atoms with E-state index in [1.165, 1.54) is 11.8 Å². The van der Waals surface area contributed by atoms with Gasteiger partial charge in [0.25, 0.3) is 0 Å². The van der Waals surface area contributed by atoms with Gasteiger partial charge in [0.15, 0.2) is 5.16 Å². The topological polar surface area (TPSA) is 80.1 Å². The van der Waals surface area contributed by atoms with Crippen molar-refractivity contribution in [2.24, 2.45) is 0 Å². The van der Waals surface area contributed by atoms with Crippen molar-refractivity contribution in [1.29, 1.82) is 0 Å². The van der Waals surface area contributed by atoms with Gasteiger partial charge >= 0.3 is 0 Å². The van der Waals surface area contributed by atoms with Crippen LogP contribution in [0.3, 0.4) is 0 Å². The van der Waals surface area contributed by atoms with E-state index in [1.807, 2.05) is 49.4 Å². The summed E-state index contributed by atoms with van der Waals surface area (Å²) < 4.78 is 11.5. The predicted octanol–water partition coefficient (Wildman–Crippen LogP) is 6.24. The lowest BCUT2D eigenvalue weighted by molar-refractivity contribution is -0.115. The van der Waals surface area contributed by atoms with Crippen LogP contribution in [0.2, 0.25) is 5.02 Å². The van der Waals surface area contributed by atoms with Crippen LogP contribution in [0.1, 0.15) is 6.92 Å². The van der Waals surface area contributed by atoms with Gasteiger partial charge in [-0.2, -0.15) is 0 Å².